The third-order valence-corrected chi connectivity index (χ3v) is 3.99. The topological polar surface area (TPSA) is 41.6 Å². The summed E-state index contributed by atoms with van der Waals surface area (Å²) in [5, 5.41) is 6.95. The normalized spacial score (nSPS) is 12.0. The number of anilines is 1. The fourth-order valence-corrected chi connectivity index (χ4v) is 2.70. The van der Waals surface area contributed by atoms with Crippen molar-refractivity contribution < 1.29 is 9.53 Å². The molecular formula is C16H20N2O2S. The van der Waals surface area contributed by atoms with Crippen LogP contribution < -0.4 is 10.2 Å². The Hall–Kier alpha value is -1.85. The van der Waals surface area contributed by atoms with Gasteiger partial charge in [0.1, 0.15) is 6.10 Å². The molecule has 0 aliphatic rings. The molecule has 21 heavy (non-hydrogen) atoms. The van der Waals surface area contributed by atoms with Crippen molar-refractivity contribution >= 4 is 22.9 Å². The third-order valence-electron chi connectivity index (χ3n) is 3.29. The van der Waals surface area contributed by atoms with Crippen molar-refractivity contribution in [3.8, 4) is 0 Å². The second-order valence-corrected chi connectivity index (χ2v) is 5.71. The van der Waals surface area contributed by atoms with Crippen LogP contribution in [0.3, 0.4) is 0 Å². The van der Waals surface area contributed by atoms with E-state index in [2.05, 4.69) is 5.32 Å². The number of methoxy groups -OCH3 is 1. The molecule has 0 fully saturated rings. The summed E-state index contributed by atoms with van der Waals surface area (Å²) in [6.45, 7) is 0.460. The van der Waals surface area contributed by atoms with Crippen molar-refractivity contribution in [2.45, 2.75) is 6.10 Å². The van der Waals surface area contributed by atoms with Gasteiger partial charge in [0.25, 0.3) is 5.91 Å². The van der Waals surface area contributed by atoms with Gasteiger partial charge in [-0.15, -0.1) is 0 Å². The molecule has 0 radical (unpaired) electrons. The molecule has 1 unspecified atom stereocenters. The number of hydrogen-bond donors (Lipinski definition) is 1. The first-order chi connectivity index (χ1) is 10.1. The summed E-state index contributed by atoms with van der Waals surface area (Å²) in [7, 11) is 5.60. The summed E-state index contributed by atoms with van der Waals surface area (Å²) in [5.41, 5.74) is 2.81. The lowest BCUT2D eigenvalue weighted by Crippen LogP contribution is -2.29. The lowest BCUT2D eigenvalue weighted by molar-refractivity contribution is 0.0829. The van der Waals surface area contributed by atoms with Crippen LogP contribution in [0, 0.1) is 0 Å². The van der Waals surface area contributed by atoms with Crippen molar-refractivity contribution in [1.82, 2.24) is 5.32 Å². The number of benzene rings is 1. The molecule has 0 saturated heterocycles. The SMILES string of the molecule is COC(CNC(=O)c1ccc(N(C)C)cc1)c1ccsc1. The Morgan fingerprint density at radius 1 is 1.29 bits per heavy atom. The summed E-state index contributed by atoms with van der Waals surface area (Å²) in [5.74, 6) is -0.0856. The van der Waals surface area contributed by atoms with Gasteiger partial charge in [-0.3, -0.25) is 4.79 Å². The maximum Gasteiger partial charge on any atom is 0.251 e. The highest BCUT2D eigenvalue weighted by atomic mass is 32.1. The molecule has 2 rings (SSSR count). The Balaban J connectivity index is 1.95. The predicted octanol–water partition coefficient (Wildman–Crippen LogP) is 2.93. The predicted molar refractivity (Wildman–Crippen MR) is 87.2 cm³/mol. The van der Waals surface area contributed by atoms with E-state index >= 15 is 0 Å². The van der Waals surface area contributed by atoms with Crippen LogP contribution in [0.5, 0.6) is 0 Å². The number of hydrogen-bond acceptors (Lipinski definition) is 4. The van der Waals surface area contributed by atoms with Crippen molar-refractivity contribution in [2.75, 3.05) is 32.6 Å². The van der Waals surface area contributed by atoms with Gasteiger partial charge in [-0.25, -0.2) is 0 Å². The molecule has 0 aliphatic carbocycles. The zero-order valence-corrected chi connectivity index (χ0v) is 13.3. The first-order valence-electron chi connectivity index (χ1n) is 6.72. The van der Waals surface area contributed by atoms with Gasteiger partial charge in [-0.05, 0) is 46.7 Å². The Morgan fingerprint density at radius 3 is 2.52 bits per heavy atom. The second kappa shape index (κ2) is 7.24. The number of rotatable bonds is 6. The van der Waals surface area contributed by atoms with Gasteiger partial charge in [0.15, 0.2) is 0 Å². The van der Waals surface area contributed by atoms with E-state index in [1.54, 1.807) is 18.4 Å². The number of thiophene rings is 1. The molecule has 1 heterocycles. The first kappa shape index (κ1) is 15.5. The van der Waals surface area contributed by atoms with Crippen LogP contribution in [0.25, 0.3) is 0 Å². The van der Waals surface area contributed by atoms with Crippen LogP contribution in [0.2, 0.25) is 0 Å². The molecule has 0 bridgehead atoms. The van der Waals surface area contributed by atoms with Crippen molar-refractivity contribution in [2.24, 2.45) is 0 Å². The van der Waals surface area contributed by atoms with Crippen LogP contribution >= 0.6 is 11.3 Å². The maximum atomic E-state index is 12.1. The summed E-state index contributed by atoms with van der Waals surface area (Å²) in [6.07, 6.45) is -0.110. The quantitative estimate of drug-likeness (QED) is 0.892. The molecule has 1 atom stereocenters. The summed E-state index contributed by atoms with van der Waals surface area (Å²) < 4.78 is 5.42. The number of carbonyl (C=O) groups is 1. The van der Waals surface area contributed by atoms with Crippen LogP contribution in [-0.4, -0.2) is 33.7 Å². The zero-order chi connectivity index (χ0) is 15.2. The Labute approximate surface area is 129 Å². The molecule has 0 saturated carbocycles. The average Bonchev–Trinajstić information content (AvgIpc) is 3.02. The lowest BCUT2D eigenvalue weighted by Gasteiger charge is -2.16. The minimum Gasteiger partial charge on any atom is -0.378 e. The molecule has 4 nitrogen and oxygen atoms in total. The van der Waals surface area contributed by atoms with E-state index in [9.17, 15) is 4.79 Å². The third kappa shape index (κ3) is 4.06. The molecule has 1 N–H and O–H groups in total. The van der Waals surface area contributed by atoms with Gasteiger partial charge in [-0.1, -0.05) is 0 Å². The fraction of sp³-hybridized carbons (Fsp3) is 0.312. The van der Waals surface area contributed by atoms with Gasteiger partial charge < -0.3 is 15.0 Å². The summed E-state index contributed by atoms with van der Waals surface area (Å²) in [4.78, 5) is 14.1. The Bertz CT molecular complexity index is 564. The summed E-state index contributed by atoms with van der Waals surface area (Å²) in [6, 6.07) is 9.54. The molecule has 1 amide bonds. The molecule has 1 aromatic heterocycles. The van der Waals surface area contributed by atoms with Crippen LogP contribution in [0.1, 0.15) is 22.0 Å². The van der Waals surface area contributed by atoms with Gasteiger partial charge in [0.2, 0.25) is 0 Å². The number of nitrogens with one attached hydrogen (secondary N) is 1. The smallest absolute Gasteiger partial charge is 0.251 e. The van der Waals surface area contributed by atoms with E-state index in [-0.39, 0.29) is 12.0 Å². The van der Waals surface area contributed by atoms with E-state index < -0.39 is 0 Å². The highest BCUT2D eigenvalue weighted by Crippen LogP contribution is 2.19. The van der Waals surface area contributed by atoms with Crippen LogP contribution in [0.4, 0.5) is 5.69 Å². The highest BCUT2D eigenvalue weighted by Gasteiger charge is 2.13. The number of ether oxygens (including phenoxy) is 1. The molecule has 2 aromatic rings. The monoisotopic (exact) mass is 304 g/mol. The molecule has 0 spiro atoms. The van der Waals surface area contributed by atoms with Crippen molar-refractivity contribution in [1.29, 1.82) is 0 Å². The second-order valence-electron chi connectivity index (χ2n) is 4.93. The maximum absolute atomic E-state index is 12.1. The number of amides is 1. The van der Waals surface area contributed by atoms with E-state index in [0.717, 1.165) is 11.3 Å². The Kier molecular flexibility index (Phi) is 5.36. The number of nitrogens with zero attached hydrogens (tertiary/aromatic N) is 1. The molecule has 0 aliphatic heterocycles. The van der Waals surface area contributed by atoms with Gasteiger partial charge >= 0.3 is 0 Å². The lowest BCUT2D eigenvalue weighted by atomic mass is 10.1. The van der Waals surface area contributed by atoms with Crippen LogP contribution in [0.15, 0.2) is 41.1 Å². The standard InChI is InChI=1S/C16H20N2O2S/c1-18(2)14-6-4-12(5-7-14)16(19)17-10-15(20-3)13-8-9-21-11-13/h4-9,11,15H,10H2,1-3H3,(H,17,19). The molecule has 5 heteroatoms. The highest BCUT2D eigenvalue weighted by molar-refractivity contribution is 7.07. The van der Waals surface area contributed by atoms with E-state index in [1.807, 2.05) is 60.1 Å². The van der Waals surface area contributed by atoms with Crippen molar-refractivity contribution in [3.63, 3.8) is 0 Å². The first-order valence-corrected chi connectivity index (χ1v) is 7.66. The molecular weight excluding hydrogens is 284 g/mol. The average molecular weight is 304 g/mol. The van der Waals surface area contributed by atoms with E-state index in [1.165, 1.54) is 0 Å². The minimum absolute atomic E-state index is 0.0856. The fourth-order valence-electron chi connectivity index (χ4n) is 1.99. The number of carbonyl (C=O) groups excluding carboxylic acids is 1. The van der Waals surface area contributed by atoms with E-state index in [0.29, 0.717) is 12.1 Å². The van der Waals surface area contributed by atoms with Crippen LogP contribution in [-0.2, 0) is 4.74 Å². The van der Waals surface area contributed by atoms with Crippen molar-refractivity contribution in [3.05, 3.63) is 52.2 Å². The minimum atomic E-state index is -0.110. The molecule has 112 valence electrons. The molecule has 1 aromatic carbocycles. The largest absolute Gasteiger partial charge is 0.378 e. The van der Waals surface area contributed by atoms with Gasteiger partial charge in [-0.2, -0.15) is 11.3 Å². The van der Waals surface area contributed by atoms with E-state index in [4.69, 9.17) is 4.74 Å². The Morgan fingerprint density at radius 2 is 2.00 bits per heavy atom. The zero-order valence-electron chi connectivity index (χ0n) is 12.5. The van der Waals surface area contributed by atoms with Gasteiger partial charge in [0, 0.05) is 39.0 Å². The van der Waals surface area contributed by atoms with Gasteiger partial charge in [0.05, 0.1) is 0 Å². The summed E-state index contributed by atoms with van der Waals surface area (Å²) >= 11 is 1.62.